The number of nitrogens with zero attached hydrogens (tertiary/aromatic N) is 2. The molecule has 1 aliphatic heterocycles. The van der Waals surface area contributed by atoms with Gasteiger partial charge in [0.05, 0.1) is 17.2 Å². The minimum absolute atomic E-state index is 0.152. The summed E-state index contributed by atoms with van der Waals surface area (Å²) >= 11 is 0. The molecule has 0 saturated carbocycles. The molecule has 0 spiro atoms. The first-order valence-electron chi connectivity index (χ1n) is 8.15. The molecule has 1 fully saturated rings. The molecule has 2 heterocycles. The molecule has 134 valence electrons. The highest BCUT2D eigenvalue weighted by Gasteiger charge is 2.52. The third kappa shape index (κ3) is 3.75. The van der Waals surface area contributed by atoms with E-state index < -0.39 is 24.4 Å². The zero-order valence-electron chi connectivity index (χ0n) is 15.6. The number of primary amides is 1. The number of aromatic nitrogens is 2. The molecule has 2 N–H and O–H groups in total. The molecule has 8 heteroatoms. The summed E-state index contributed by atoms with van der Waals surface area (Å²) in [7, 11) is -0.471. The van der Waals surface area contributed by atoms with Crippen LogP contribution in [-0.2, 0) is 14.0 Å². The third-order valence-electron chi connectivity index (χ3n) is 4.85. The zero-order valence-corrected chi connectivity index (χ0v) is 15.6. The Kier molecular flexibility index (Phi) is 4.76. The van der Waals surface area contributed by atoms with Crippen molar-refractivity contribution < 1.29 is 18.8 Å². The van der Waals surface area contributed by atoms with Crippen molar-refractivity contribution in [3.8, 4) is 0 Å². The lowest BCUT2D eigenvalue weighted by Crippen LogP contribution is -2.41. The molecule has 2 rings (SSSR count). The van der Waals surface area contributed by atoms with Crippen LogP contribution in [0.15, 0.2) is 12.4 Å². The Hall–Kier alpha value is -1.54. The molecule has 1 unspecified atom stereocenters. The second-order valence-corrected chi connectivity index (χ2v) is 8.35. The van der Waals surface area contributed by atoms with Gasteiger partial charge in [0.25, 0.3) is 0 Å². The Labute approximate surface area is 144 Å². The molecule has 0 aromatic carbocycles. The highest BCUT2D eigenvalue weighted by Crippen LogP contribution is 2.36. The Balaban J connectivity index is 2.21. The second kappa shape index (κ2) is 6.08. The summed E-state index contributed by atoms with van der Waals surface area (Å²) in [6.45, 7) is 14.4. The molecule has 0 radical (unpaired) electrons. The van der Waals surface area contributed by atoms with E-state index in [1.54, 1.807) is 10.9 Å². The molecule has 1 aromatic heterocycles. The number of hydrogen-bond acceptors (Lipinski definition) is 5. The summed E-state index contributed by atoms with van der Waals surface area (Å²) in [4.78, 5) is 10.9. The Bertz CT molecular complexity index is 591. The van der Waals surface area contributed by atoms with E-state index in [1.807, 2.05) is 33.9 Å². The van der Waals surface area contributed by atoms with Crippen LogP contribution in [0.1, 0.15) is 54.5 Å². The molecule has 1 aliphatic rings. The maximum atomic E-state index is 10.9. The van der Waals surface area contributed by atoms with Gasteiger partial charge < -0.3 is 19.8 Å². The number of hydrogen-bond donors (Lipinski definition) is 1. The van der Waals surface area contributed by atoms with Gasteiger partial charge in [-0.05, 0) is 33.1 Å². The number of rotatable bonds is 4. The van der Waals surface area contributed by atoms with E-state index in [1.165, 1.54) is 0 Å². The van der Waals surface area contributed by atoms with Crippen LogP contribution in [0, 0.1) is 5.41 Å². The quantitative estimate of drug-likeness (QED) is 0.847. The fourth-order valence-electron chi connectivity index (χ4n) is 2.51. The summed E-state index contributed by atoms with van der Waals surface area (Å²) in [6, 6.07) is -0.152. The summed E-state index contributed by atoms with van der Waals surface area (Å²) in [6.07, 6.45) is 2.82. The summed E-state index contributed by atoms with van der Waals surface area (Å²) in [5.74, 6) is 0. The zero-order chi connectivity index (χ0) is 18.3. The average Bonchev–Trinajstić information content (AvgIpc) is 2.91. The molecule has 24 heavy (non-hydrogen) atoms. The van der Waals surface area contributed by atoms with Gasteiger partial charge in [-0.25, -0.2) is 4.79 Å². The molecule has 1 amide bonds. The van der Waals surface area contributed by atoms with Gasteiger partial charge in [0, 0.05) is 17.9 Å². The molecular weight excluding hydrogens is 309 g/mol. The molecule has 0 aliphatic carbocycles. The highest BCUT2D eigenvalue weighted by molar-refractivity contribution is 6.62. The smallest absolute Gasteiger partial charge is 0.447 e. The number of ether oxygens (including phenoxy) is 1. The molecule has 7 nitrogen and oxygen atoms in total. The Morgan fingerprint density at radius 2 is 1.88 bits per heavy atom. The van der Waals surface area contributed by atoms with Gasteiger partial charge in [-0.1, -0.05) is 20.8 Å². The van der Waals surface area contributed by atoms with Crippen molar-refractivity contribution in [3.05, 3.63) is 12.4 Å². The molecule has 1 aromatic rings. The Morgan fingerprint density at radius 3 is 2.33 bits per heavy atom. The van der Waals surface area contributed by atoms with Gasteiger partial charge in [0.2, 0.25) is 0 Å². The maximum Gasteiger partial charge on any atom is 0.498 e. The monoisotopic (exact) mass is 337 g/mol. The lowest BCUT2D eigenvalue weighted by Gasteiger charge is -2.32. The van der Waals surface area contributed by atoms with Crippen molar-refractivity contribution in [2.24, 2.45) is 11.1 Å². The minimum atomic E-state index is -0.789. The standard InChI is InChI=1S/C16H28BN3O4/c1-14(2,3)12(10-22-13(18)21)20-9-11(8-19-20)17-23-15(4,5)16(6,7)24-17/h8-9,12H,10H2,1-7H3,(H2,18,21). The predicted molar refractivity (Wildman–Crippen MR) is 92.0 cm³/mol. The van der Waals surface area contributed by atoms with Crippen molar-refractivity contribution in [3.63, 3.8) is 0 Å². The lowest BCUT2D eigenvalue weighted by atomic mass is 9.81. The second-order valence-electron chi connectivity index (χ2n) is 8.35. The predicted octanol–water partition coefficient (Wildman–Crippen LogP) is 1.86. The first-order valence-corrected chi connectivity index (χ1v) is 8.15. The van der Waals surface area contributed by atoms with Crippen molar-refractivity contribution in [1.29, 1.82) is 0 Å². The third-order valence-corrected chi connectivity index (χ3v) is 4.85. The van der Waals surface area contributed by atoms with Gasteiger partial charge in [-0.3, -0.25) is 4.68 Å². The SMILES string of the molecule is CC(C)(C)C(COC(N)=O)n1cc(B2OC(C)(C)C(C)(C)O2)cn1. The number of carbonyl (C=O) groups excluding carboxylic acids is 1. The van der Waals surface area contributed by atoms with E-state index in [0.29, 0.717) is 0 Å². The molecule has 0 bridgehead atoms. The Morgan fingerprint density at radius 1 is 1.33 bits per heavy atom. The normalized spacial score (nSPS) is 20.9. The molecule has 1 atom stereocenters. The van der Waals surface area contributed by atoms with Gasteiger partial charge >= 0.3 is 13.2 Å². The van der Waals surface area contributed by atoms with Crippen molar-refractivity contribution in [2.75, 3.05) is 6.61 Å². The van der Waals surface area contributed by atoms with Gasteiger partial charge in [0.1, 0.15) is 6.61 Å². The maximum absolute atomic E-state index is 10.9. The van der Waals surface area contributed by atoms with Crippen LogP contribution < -0.4 is 11.2 Å². The van der Waals surface area contributed by atoms with Gasteiger partial charge in [-0.2, -0.15) is 5.10 Å². The number of amides is 1. The van der Waals surface area contributed by atoms with E-state index in [-0.39, 0.29) is 18.1 Å². The first-order chi connectivity index (χ1) is 10.8. The van der Waals surface area contributed by atoms with E-state index in [4.69, 9.17) is 19.8 Å². The van der Waals surface area contributed by atoms with E-state index >= 15 is 0 Å². The van der Waals surface area contributed by atoms with E-state index in [2.05, 4.69) is 25.9 Å². The van der Waals surface area contributed by atoms with Crippen LogP contribution in [0.3, 0.4) is 0 Å². The van der Waals surface area contributed by atoms with Gasteiger partial charge in [0.15, 0.2) is 0 Å². The van der Waals surface area contributed by atoms with Crippen molar-refractivity contribution in [1.82, 2.24) is 9.78 Å². The molecule has 1 saturated heterocycles. The summed E-state index contributed by atoms with van der Waals surface area (Å²) in [5, 5.41) is 4.43. The number of carbonyl (C=O) groups is 1. The van der Waals surface area contributed by atoms with Crippen LogP contribution in [0.4, 0.5) is 4.79 Å². The fourth-order valence-corrected chi connectivity index (χ4v) is 2.51. The number of nitrogens with two attached hydrogens (primary N) is 1. The van der Waals surface area contributed by atoms with E-state index in [9.17, 15) is 4.79 Å². The highest BCUT2D eigenvalue weighted by atomic mass is 16.7. The fraction of sp³-hybridized carbons (Fsp3) is 0.750. The van der Waals surface area contributed by atoms with Crippen LogP contribution in [0.2, 0.25) is 0 Å². The van der Waals surface area contributed by atoms with Crippen molar-refractivity contribution >= 4 is 18.7 Å². The summed E-state index contributed by atoms with van der Waals surface area (Å²) < 4.78 is 18.9. The summed E-state index contributed by atoms with van der Waals surface area (Å²) in [5.41, 5.74) is 4.95. The van der Waals surface area contributed by atoms with Crippen LogP contribution in [0.25, 0.3) is 0 Å². The van der Waals surface area contributed by atoms with E-state index in [0.717, 1.165) is 5.46 Å². The minimum Gasteiger partial charge on any atom is -0.447 e. The largest absolute Gasteiger partial charge is 0.498 e. The topological polar surface area (TPSA) is 88.6 Å². The molecular formula is C16H28BN3O4. The van der Waals surface area contributed by atoms with Gasteiger partial charge in [-0.15, -0.1) is 0 Å². The lowest BCUT2D eigenvalue weighted by molar-refractivity contribution is 0.00578. The average molecular weight is 337 g/mol. The first kappa shape index (κ1) is 18.8. The van der Waals surface area contributed by atoms with Crippen LogP contribution in [0.5, 0.6) is 0 Å². The van der Waals surface area contributed by atoms with Crippen molar-refractivity contribution in [2.45, 2.75) is 65.7 Å². The van der Waals surface area contributed by atoms with Crippen LogP contribution in [-0.4, -0.2) is 40.8 Å². The van der Waals surface area contributed by atoms with Crippen LogP contribution >= 0.6 is 0 Å².